The van der Waals surface area contributed by atoms with Gasteiger partial charge >= 0.3 is 5.69 Å². The molecule has 0 radical (unpaired) electrons. The minimum Gasteiger partial charge on any atom is -0.396 e. The second-order valence-corrected chi connectivity index (χ2v) is 4.93. The first kappa shape index (κ1) is 13.7. The Kier molecular flexibility index (Phi) is 4.68. The molecule has 1 aliphatic rings. The van der Waals surface area contributed by atoms with Crippen LogP contribution in [0.4, 0.5) is 0 Å². The number of carbonyl (C=O) groups excluding carboxylic acids is 1. The van der Waals surface area contributed by atoms with Crippen LogP contribution in [0, 0.1) is 5.92 Å². The molecule has 1 aromatic heterocycles. The number of hydrogen-bond acceptors (Lipinski definition) is 4. The van der Waals surface area contributed by atoms with Crippen LogP contribution in [0.2, 0.25) is 0 Å². The van der Waals surface area contributed by atoms with Gasteiger partial charge in [0, 0.05) is 31.0 Å². The third-order valence-corrected chi connectivity index (χ3v) is 3.59. The Bertz CT molecular complexity index is 486. The van der Waals surface area contributed by atoms with Crippen LogP contribution in [-0.2, 0) is 11.3 Å². The summed E-state index contributed by atoms with van der Waals surface area (Å²) in [6.07, 6.45) is 6.93. The number of nitrogens with one attached hydrogen (secondary N) is 1. The van der Waals surface area contributed by atoms with E-state index in [9.17, 15) is 14.7 Å². The molecule has 0 saturated heterocycles. The van der Waals surface area contributed by atoms with Crippen LogP contribution in [-0.4, -0.2) is 33.2 Å². The Labute approximate surface area is 111 Å². The molecule has 104 valence electrons. The van der Waals surface area contributed by atoms with Gasteiger partial charge in [-0.1, -0.05) is 12.8 Å². The van der Waals surface area contributed by atoms with Gasteiger partial charge in [-0.2, -0.15) is 0 Å². The van der Waals surface area contributed by atoms with Gasteiger partial charge in [-0.05, 0) is 18.9 Å². The molecular weight excluding hydrogens is 246 g/mol. The Morgan fingerprint density at radius 2 is 2.26 bits per heavy atom. The molecule has 1 amide bonds. The summed E-state index contributed by atoms with van der Waals surface area (Å²) in [6.45, 7) is 0.0686. The summed E-state index contributed by atoms with van der Waals surface area (Å²) in [6, 6.07) is 1.63. The number of aliphatic hydroxyl groups excluding tert-OH is 1. The number of nitrogens with zero attached hydrogens (tertiary/aromatic N) is 2. The number of rotatable bonds is 4. The molecule has 2 rings (SSSR count). The first-order chi connectivity index (χ1) is 9.20. The summed E-state index contributed by atoms with van der Waals surface area (Å²) >= 11 is 0. The molecule has 0 spiro atoms. The lowest BCUT2D eigenvalue weighted by Crippen LogP contribution is -2.45. The normalized spacial score (nSPS) is 23.0. The standard InChI is InChI=1S/C13H19N3O3/c17-9-10-4-1-2-5-11(10)15-12(18)8-16-7-3-6-14-13(16)19/h3,6-7,10-11,17H,1-2,4-5,8-9H2,(H,15,18). The molecule has 6 nitrogen and oxygen atoms in total. The van der Waals surface area contributed by atoms with Crippen molar-refractivity contribution >= 4 is 5.91 Å². The maximum atomic E-state index is 11.9. The van der Waals surface area contributed by atoms with Gasteiger partial charge in [0.1, 0.15) is 6.54 Å². The van der Waals surface area contributed by atoms with Crippen molar-refractivity contribution < 1.29 is 9.90 Å². The minimum atomic E-state index is -0.431. The fourth-order valence-electron chi connectivity index (χ4n) is 2.53. The van der Waals surface area contributed by atoms with E-state index in [1.54, 1.807) is 12.3 Å². The summed E-state index contributed by atoms with van der Waals surface area (Å²) < 4.78 is 1.27. The van der Waals surface area contributed by atoms with E-state index >= 15 is 0 Å². The summed E-state index contributed by atoms with van der Waals surface area (Å²) in [5.41, 5.74) is -0.431. The summed E-state index contributed by atoms with van der Waals surface area (Å²) in [4.78, 5) is 26.9. The highest BCUT2D eigenvalue weighted by Crippen LogP contribution is 2.23. The third-order valence-electron chi connectivity index (χ3n) is 3.59. The zero-order valence-corrected chi connectivity index (χ0v) is 10.8. The molecule has 1 aromatic rings. The molecular formula is C13H19N3O3. The van der Waals surface area contributed by atoms with Crippen LogP contribution in [0.5, 0.6) is 0 Å². The van der Waals surface area contributed by atoms with Crippen molar-refractivity contribution in [3.8, 4) is 0 Å². The Balaban J connectivity index is 1.94. The molecule has 1 heterocycles. The number of aromatic nitrogens is 2. The van der Waals surface area contributed by atoms with Crippen LogP contribution < -0.4 is 11.0 Å². The predicted octanol–water partition coefficient (Wildman–Crippen LogP) is -0.0894. The van der Waals surface area contributed by atoms with Gasteiger partial charge < -0.3 is 10.4 Å². The average Bonchev–Trinajstić information content (AvgIpc) is 2.42. The fraction of sp³-hybridized carbons (Fsp3) is 0.615. The third kappa shape index (κ3) is 3.64. The molecule has 2 N–H and O–H groups in total. The molecule has 0 aromatic carbocycles. The smallest absolute Gasteiger partial charge is 0.347 e. The predicted molar refractivity (Wildman–Crippen MR) is 69.5 cm³/mol. The highest BCUT2D eigenvalue weighted by Gasteiger charge is 2.25. The van der Waals surface area contributed by atoms with Crippen molar-refractivity contribution in [3.63, 3.8) is 0 Å². The molecule has 0 aliphatic heterocycles. The lowest BCUT2D eigenvalue weighted by molar-refractivity contribution is -0.123. The summed E-state index contributed by atoms with van der Waals surface area (Å²) in [5, 5.41) is 12.2. The Hall–Kier alpha value is -1.69. The summed E-state index contributed by atoms with van der Waals surface area (Å²) in [7, 11) is 0. The molecule has 19 heavy (non-hydrogen) atoms. The average molecular weight is 265 g/mol. The maximum absolute atomic E-state index is 11.9. The van der Waals surface area contributed by atoms with E-state index < -0.39 is 5.69 Å². The van der Waals surface area contributed by atoms with Crippen LogP contribution in [0.3, 0.4) is 0 Å². The second kappa shape index (κ2) is 6.47. The molecule has 1 aliphatic carbocycles. The van der Waals surface area contributed by atoms with Gasteiger partial charge in [0.15, 0.2) is 0 Å². The van der Waals surface area contributed by atoms with Crippen molar-refractivity contribution in [1.29, 1.82) is 0 Å². The molecule has 1 fully saturated rings. The van der Waals surface area contributed by atoms with Gasteiger partial charge in [0.25, 0.3) is 0 Å². The van der Waals surface area contributed by atoms with Gasteiger partial charge in [0.05, 0.1) is 0 Å². The minimum absolute atomic E-state index is 0.0126. The molecule has 2 unspecified atom stereocenters. The van der Waals surface area contributed by atoms with Crippen molar-refractivity contribution in [2.45, 2.75) is 38.3 Å². The topological polar surface area (TPSA) is 84.2 Å². The molecule has 0 bridgehead atoms. The quantitative estimate of drug-likeness (QED) is 0.797. The van der Waals surface area contributed by atoms with Gasteiger partial charge in [-0.15, -0.1) is 0 Å². The highest BCUT2D eigenvalue weighted by molar-refractivity contribution is 5.76. The number of hydrogen-bond donors (Lipinski definition) is 2. The van der Waals surface area contributed by atoms with Crippen LogP contribution in [0.15, 0.2) is 23.3 Å². The zero-order valence-electron chi connectivity index (χ0n) is 10.8. The first-order valence-corrected chi connectivity index (χ1v) is 6.62. The van der Waals surface area contributed by atoms with Crippen molar-refractivity contribution in [2.75, 3.05) is 6.61 Å². The largest absolute Gasteiger partial charge is 0.396 e. The lowest BCUT2D eigenvalue weighted by Gasteiger charge is -2.30. The number of amides is 1. The van der Waals surface area contributed by atoms with Crippen LogP contribution in [0.25, 0.3) is 0 Å². The van der Waals surface area contributed by atoms with E-state index in [-0.39, 0.29) is 31.0 Å². The monoisotopic (exact) mass is 265 g/mol. The fourth-order valence-corrected chi connectivity index (χ4v) is 2.53. The van der Waals surface area contributed by atoms with Crippen LogP contribution in [0.1, 0.15) is 25.7 Å². The van der Waals surface area contributed by atoms with E-state index in [2.05, 4.69) is 10.3 Å². The van der Waals surface area contributed by atoms with E-state index in [0.29, 0.717) is 0 Å². The highest BCUT2D eigenvalue weighted by atomic mass is 16.3. The van der Waals surface area contributed by atoms with Crippen molar-refractivity contribution in [1.82, 2.24) is 14.9 Å². The molecule has 2 atom stereocenters. The molecule has 1 saturated carbocycles. The van der Waals surface area contributed by atoms with Crippen molar-refractivity contribution in [3.05, 3.63) is 28.9 Å². The van der Waals surface area contributed by atoms with Gasteiger partial charge in [0.2, 0.25) is 5.91 Å². The molecule has 6 heteroatoms. The van der Waals surface area contributed by atoms with Gasteiger partial charge in [-0.3, -0.25) is 9.36 Å². The van der Waals surface area contributed by atoms with Crippen LogP contribution >= 0.6 is 0 Å². The van der Waals surface area contributed by atoms with E-state index in [0.717, 1.165) is 25.7 Å². The number of aliphatic hydroxyl groups is 1. The van der Waals surface area contributed by atoms with Crippen molar-refractivity contribution in [2.24, 2.45) is 5.92 Å². The Morgan fingerprint density at radius 1 is 1.47 bits per heavy atom. The maximum Gasteiger partial charge on any atom is 0.347 e. The number of carbonyl (C=O) groups is 1. The second-order valence-electron chi connectivity index (χ2n) is 4.93. The van der Waals surface area contributed by atoms with Gasteiger partial charge in [-0.25, -0.2) is 9.78 Å². The van der Waals surface area contributed by atoms with E-state index in [4.69, 9.17) is 0 Å². The van der Waals surface area contributed by atoms with E-state index in [1.165, 1.54) is 10.8 Å². The summed E-state index contributed by atoms with van der Waals surface area (Å²) in [5.74, 6) is -0.0798. The Morgan fingerprint density at radius 3 is 3.00 bits per heavy atom. The first-order valence-electron chi connectivity index (χ1n) is 6.62. The lowest BCUT2D eigenvalue weighted by atomic mass is 9.85. The zero-order chi connectivity index (χ0) is 13.7. The SMILES string of the molecule is O=C(Cn1cccnc1=O)NC1CCCCC1CO. The van der Waals surface area contributed by atoms with E-state index in [1.807, 2.05) is 0 Å².